The second-order valence-corrected chi connectivity index (χ2v) is 4.79. The number of aryl methyl sites for hydroxylation is 1. The Labute approximate surface area is 121 Å². The molecule has 3 heteroatoms. The van der Waals surface area contributed by atoms with Gasteiger partial charge in [-0.15, -0.1) is 0 Å². The average molecular weight is 269 g/mol. The van der Waals surface area contributed by atoms with Crippen LogP contribution >= 0.6 is 0 Å². The maximum atomic E-state index is 4.78. The Hall–Kier alpha value is -1.87. The Morgan fingerprint density at radius 2 is 1.85 bits per heavy atom. The highest BCUT2D eigenvalue weighted by atomic mass is 15.2. The molecule has 2 rings (SSSR count). The fraction of sp³-hybridized carbons (Fsp3) is 0.353. The lowest BCUT2D eigenvalue weighted by atomic mass is 10.1. The van der Waals surface area contributed by atoms with E-state index in [-0.39, 0.29) is 0 Å². The summed E-state index contributed by atoms with van der Waals surface area (Å²) in [5.41, 5.74) is 3.61. The Kier molecular flexibility index (Phi) is 5.13. The van der Waals surface area contributed by atoms with Crippen LogP contribution in [0.4, 0.5) is 11.5 Å². The van der Waals surface area contributed by atoms with Gasteiger partial charge < -0.3 is 10.2 Å². The summed E-state index contributed by atoms with van der Waals surface area (Å²) in [4.78, 5) is 7.03. The van der Waals surface area contributed by atoms with Gasteiger partial charge in [0.1, 0.15) is 5.82 Å². The summed E-state index contributed by atoms with van der Waals surface area (Å²) in [5, 5.41) is 3.21. The van der Waals surface area contributed by atoms with E-state index >= 15 is 0 Å². The van der Waals surface area contributed by atoms with Crippen molar-refractivity contribution in [3.63, 3.8) is 0 Å². The first-order valence-electron chi connectivity index (χ1n) is 7.25. The van der Waals surface area contributed by atoms with Gasteiger partial charge in [-0.25, -0.2) is 4.98 Å². The Morgan fingerprint density at radius 3 is 2.45 bits per heavy atom. The summed E-state index contributed by atoms with van der Waals surface area (Å²) in [6, 6.07) is 14.8. The van der Waals surface area contributed by atoms with Gasteiger partial charge in [0.15, 0.2) is 0 Å². The summed E-state index contributed by atoms with van der Waals surface area (Å²) in [6.45, 7) is 6.08. The van der Waals surface area contributed by atoms with Crippen LogP contribution in [0.5, 0.6) is 0 Å². The quantitative estimate of drug-likeness (QED) is 0.869. The lowest BCUT2D eigenvalue weighted by Crippen LogP contribution is -2.18. The van der Waals surface area contributed by atoms with E-state index in [0.717, 1.165) is 31.0 Å². The second kappa shape index (κ2) is 7.06. The normalized spacial score (nSPS) is 10.6. The fourth-order valence-corrected chi connectivity index (χ4v) is 2.34. The van der Waals surface area contributed by atoms with Gasteiger partial charge in [0, 0.05) is 24.5 Å². The van der Waals surface area contributed by atoms with E-state index in [1.165, 1.54) is 11.3 Å². The molecule has 0 saturated carbocycles. The summed E-state index contributed by atoms with van der Waals surface area (Å²) in [5.74, 6) is 1.03. The van der Waals surface area contributed by atoms with Crippen LogP contribution in [0.2, 0.25) is 0 Å². The van der Waals surface area contributed by atoms with E-state index in [9.17, 15) is 0 Å². The zero-order valence-corrected chi connectivity index (χ0v) is 12.6. The molecule has 0 saturated heterocycles. The van der Waals surface area contributed by atoms with E-state index < -0.39 is 0 Å². The van der Waals surface area contributed by atoms with Crippen molar-refractivity contribution < 1.29 is 0 Å². The number of hydrogen-bond acceptors (Lipinski definition) is 3. The molecule has 1 aromatic heterocycles. The smallest absolute Gasteiger partial charge is 0.133 e. The molecule has 0 radical (unpaired) electrons. The first-order valence-corrected chi connectivity index (χ1v) is 7.25. The molecule has 1 N–H and O–H groups in total. The SMILES string of the molecule is CCc1cc(CNC)cc(N(CC)c2ccccc2)n1. The maximum Gasteiger partial charge on any atom is 0.133 e. The molecule has 0 aliphatic heterocycles. The molecule has 20 heavy (non-hydrogen) atoms. The van der Waals surface area contributed by atoms with Crippen molar-refractivity contribution in [2.45, 2.75) is 26.8 Å². The lowest BCUT2D eigenvalue weighted by Gasteiger charge is -2.23. The maximum absolute atomic E-state index is 4.78. The van der Waals surface area contributed by atoms with E-state index in [4.69, 9.17) is 4.98 Å². The van der Waals surface area contributed by atoms with Crippen molar-refractivity contribution in [2.24, 2.45) is 0 Å². The van der Waals surface area contributed by atoms with Crippen molar-refractivity contribution in [3.05, 3.63) is 53.7 Å². The minimum atomic E-state index is 0.870. The average Bonchev–Trinajstić information content (AvgIpc) is 2.49. The molecule has 0 spiro atoms. The van der Waals surface area contributed by atoms with Crippen LogP contribution in [0.15, 0.2) is 42.5 Å². The fourth-order valence-electron chi connectivity index (χ4n) is 2.34. The minimum absolute atomic E-state index is 0.870. The van der Waals surface area contributed by atoms with Crippen LogP contribution in [-0.2, 0) is 13.0 Å². The van der Waals surface area contributed by atoms with Crippen LogP contribution in [0, 0.1) is 0 Å². The van der Waals surface area contributed by atoms with Crippen molar-refractivity contribution in [1.82, 2.24) is 10.3 Å². The molecule has 0 fully saturated rings. The van der Waals surface area contributed by atoms with E-state index in [1.807, 2.05) is 13.1 Å². The van der Waals surface area contributed by atoms with Crippen LogP contribution in [0.25, 0.3) is 0 Å². The Morgan fingerprint density at radius 1 is 1.10 bits per heavy atom. The van der Waals surface area contributed by atoms with Crippen LogP contribution < -0.4 is 10.2 Å². The summed E-state index contributed by atoms with van der Waals surface area (Å²) in [6.07, 6.45) is 0.955. The number of hydrogen-bond donors (Lipinski definition) is 1. The molecule has 0 aliphatic carbocycles. The Balaban J connectivity index is 2.40. The molecule has 0 amide bonds. The van der Waals surface area contributed by atoms with Gasteiger partial charge in [-0.05, 0) is 50.2 Å². The topological polar surface area (TPSA) is 28.2 Å². The first-order chi connectivity index (χ1) is 9.78. The van der Waals surface area contributed by atoms with Crippen molar-refractivity contribution in [2.75, 3.05) is 18.5 Å². The zero-order chi connectivity index (χ0) is 14.4. The number of nitrogens with zero attached hydrogens (tertiary/aromatic N) is 2. The molecule has 0 bridgehead atoms. The molecule has 1 aromatic carbocycles. The zero-order valence-electron chi connectivity index (χ0n) is 12.6. The van der Waals surface area contributed by atoms with Crippen LogP contribution in [0.3, 0.4) is 0 Å². The van der Waals surface area contributed by atoms with E-state index in [2.05, 4.69) is 60.5 Å². The number of para-hydroxylation sites is 1. The standard InChI is InChI=1S/C17H23N3/c1-4-15-11-14(13-18-3)12-17(19-15)20(5-2)16-9-7-6-8-10-16/h6-12,18H,4-5,13H2,1-3H3. The third kappa shape index (κ3) is 3.36. The third-order valence-electron chi connectivity index (χ3n) is 3.33. The minimum Gasteiger partial charge on any atom is -0.327 e. The van der Waals surface area contributed by atoms with Crippen LogP contribution in [0.1, 0.15) is 25.1 Å². The van der Waals surface area contributed by atoms with Gasteiger partial charge in [0.2, 0.25) is 0 Å². The van der Waals surface area contributed by atoms with Crippen molar-refractivity contribution in [3.8, 4) is 0 Å². The molecular weight excluding hydrogens is 246 g/mol. The first kappa shape index (κ1) is 14.5. The van der Waals surface area contributed by atoms with Gasteiger partial charge in [0.05, 0.1) is 0 Å². The molecule has 0 unspecified atom stereocenters. The predicted octanol–water partition coefficient (Wildman–Crippen LogP) is 3.52. The Bertz CT molecular complexity index is 537. The highest BCUT2D eigenvalue weighted by molar-refractivity contribution is 5.60. The number of pyridine rings is 1. The number of rotatable bonds is 6. The molecular formula is C17H23N3. The second-order valence-electron chi connectivity index (χ2n) is 4.79. The number of benzene rings is 1. The molecule has 3 nitrogen and oxygen atoms in total. The van der Waals surface area contributed by atoms with Gasteiger partial charge >= 0.3 is 0 Å². The summed E-state index contributed by atoms with van der Waals surface area (Å²) >= 11 is 0. The summed E-state index contributed by atoms with van der Waals surface area (Å²) in [7, 11) is 1.97. The lowest BCUT2D eigenvalue weighted by molar-refractivity contribution is 0.809. The largest absolute Gasteiger partial charge is 0.327 e. The van der Waals surface area contributed by atoms with Crippen molar-refractivity contribution >= 4 is 11.5 Å². The van der Waals surface area contributed by atoms with Crippen LogP contribution in [-0.4, -0.2) is 18.6 Å². The highest BCUT2D eigenvalue weighted by Gasteiger charge is 2.10. The molecule has 0 aliphatic rings. The number of aromatic nitrogens is 1. The highest BCUT2D eigenvalue weighted by Crippen LogP contribution is 2.24. The number of anilines is 2. The monoisotopic (exact) mass is 269 g/mol. The molecule has 106 valence electrons. The predicted molar refractivity (Wildman–Crippen MR) is 85.5 cm³/mol. The molecule has 1 heterocycles. The van der Waals surface area contributed by atoms with Crippen molar-refractivity contribution in [1.29, 1.82) is 0 Å². The van der Waals surface area contributed by atoms with Gasteiger partial charge in [-0.1, -0.05) is 25.1 Å². The number of nitrogens with one attached hydrogen (secondary N) is 1. The third-order valence-corrected chi connectivity index (χ3v) is 3.33. The molecule has 0 atom stereocenters. The molecule has 2 aromatic rings. The summed E-state index contributed by atoms with van der Waals surface area (Å²) < 4.78 is 0. The van der Waals surface area contributed by atoms with Gasteiger partial charge in [-0.3, -0.25) is 0 Å². The van der Waals surface area contributed by atoms with Gasteiger partial charge in [-0.2, -0.15) is 0 Å². The van der Waals surface area contributed by atoms with E-state index in [0.29, 0.717) is 0 Å². The van der Waals surface area contributed by atoms with Gasteiger partial charge in [0.25, 0.3) is 0 Å². The van der Waals surface area contributed by atoms with E-state index in [1.54, 1.807) is 0 Å².